The van der Waals surface area contributed by atoms with Crippen LogP contribution in [0.3, 0.4) is 0 Å². The summed E-state index contributed by atoms with van der Waals surface area (Å²) in [6.45, 7) is 0. The van der Waals surface area contributed by atoms with Crippen molar-refractivity contribution in [3.63, 3.8) is 0 Å². The zero-order chi connectivity index (χ0) is 15.6. The fourth-order valence-electron chi connectivity index (χ4n) is 1.50. The maximum Gasteiger partial charge on any atom is 0.303 e. The highest BCUT2D eigenvalue weighted by Crippen LogP contribution is 2.29. The van der Waals surface area contributed by atoms with Gasteiger partial charge in [-0.15, -0.1) is 11.3 Å². The van der Waals surface area contributed by atoms with E-state index in [1.165, 1.54) is 5.38 Å². The molecule has 0 aliphatic heterocycles. The van der Waals surface area contributed by atoms with Crippen molar-refractivity contribution in [3.8, 4) is 0 Å². The van der Waals surface area contributed by atoms with E-state index in [2.05, 4.69) is 10.3 Å². The van der Waals surface area contributed by atoms with Crippen LogP contribution in [0.25, 0.3) is 0 Å². The normalized spacial score (nSPS) is 10.7. The van der Waals surface area contributed by atoms with E-state index in [0.29, 0.717) is 5.69 Å². The first kappa shape index (κ1) is 15.2. The summed E-state index contributed by atoms with van der Waals surface area (Å²) in [5.41, 5.74) is -0.589. The van der Waals surface area contributed by atoms with Gasteiger partial charge in [0.2, 0.25) is 0 Å². The number of carboxylic acids is 1. The predicted octanol–water partition coefficient (Wildman–Crippen LogP) is 3.46. The molecule has 0 aliphatic rings. The van der Waals surface area contributed by atoms with E-state index >= 15 is 0 Å². The molecule has 0 saturated carbocycles. The number of hydrogen-bond donors (Lipinski definition) is 2. The average Bonchev–Trinajstić information content (AvgIpc) is 2.87. The number of hydrogen-bond acceptors (Lipinski definition) is 4. The van der Waals surface area contributed by atoms with Crippen LogP contribution in [0.4, 0.5) is 28.4 Å². The largest absolute Gasteiger partial charge is 0.481 e. The van der Waals surface area contributed by atoms with E-state index < -0.39 is 34.9 Å². The molecule has 1 aromatic heterocycles. The van der Waals surface area contributed by atoms with Gasteiger partial charge in [-0.25, -0.2) is 22.5 Å². The lowest BCUT2D eigenvalue weighted by molar-refractivity contribution is -0.136. The Bertz CT molecular complexity index is 664. The van der Waals surface area contributed by atoms with E-state index in [4.69, 9.17) is 5.11 Å². The molecule has 0 aliphatic carbocycles. The maximum absolute atomic E-state index is 13.4. The summed E-state index contributed by atoms with van der Waals surface area (Å²) in [5.74, 6) is -7.19. The number of benzene rings is 1. The van der Waals surface area contributed by atoms with Crippen LogP contribution in [-0.2, 0) is 11.2 Å². The SMILES string of the molecule is O=C(O)CCc1csc(Nc2c(F)c(F)cc(F)c2F)n1. The molecule has 9 heteroatoms. The standard InChI is InChI=1S/C12H8F4N2O2S/c13-6-3-7(14)10(16)11(9(6)15)18-12-17-5(4-21-12)1-2-8(19)20/h3-4H,1-2H2,(H,17,18)(H,19,20). The van der Waals surface area contributed by atoms with Gasteiger partial charge in [0.05, 0.1) is 12.1 Å². The second kappa shape index (κ2) is 6.08. The van der Waals surface area contributed by atoms with Crippen molar-refractivity contribution in [1.82, 2.24) is 4.98 Å². The van der Waals surface area contributed by atoms with Gasteiger partial charge < -0.3 is 10.4 Å². The Morgan fingerprint density at radius 3 is 2.43 bits per heavy atom. The first-order chi connectivity index (χ1) is 9.88. The first-order valence-corrected chi connectivity index (χ1v) is 6.52. The molecule has 4 nitrogen and oxygen atoms in total. The molecule has 0 spiro atoms. The van der Waals surface area contributed by atoms with Crippen LogP contribution in [-0.4, -0.2) is 16.1 Å². The van der Waals surface area contributed by atoms with Crippen molar-refractivity contribution in [2.24, 2.45) is 0 Å². The fraction of sp³-hybridized carbons (Fsp3) is 0.167. The van der Waals surface area contributed by atoms with Crippen molar-refractivity contribution >= 4 is 28.1 Å². The highest BCUT2D eigenvalue weighted by atomic mass is 32.1. The zero-order valence-corrected chi connectivity index (χ0v) is 11.1. The molecule has 0 bridgehead atoms. The summed E-state index contributed by atoms with van der Waals surface area (Å²) in [7, 11) is 0. The number of nitrogens with zero attached hydrogens (tertiary/aromatic N) is 1. The summed E-state index contributed by atoms with van der Waals surface area (Å²) in [6.07, 6.45) is -0.0174. The number of carboxylic acid groups (broad SMARTS) is 1. The van der Waals surface area contributed by atoms with Crippen LogP contribution < -0.4 is 5.32 Å². The first-order valence-electron chi connectivity index (χ1n) is 5.64. The smallest absolute Gasteiger partial charge is 0.303 e. The van der Waals surface area contributed by atoms with Crippen LogP contribution in [0.2, 0.25) is 0 Å². The van der Waals surface area contributed by atoms with Crippen LogP contribution in [0, 0.1) is 23.3 Å². The monoisotopic (exact) mass is 320 g/mol. The Kier molecular flexibility index (Phi) is 4.41. The molecule has 1 aromatic carbocycles. The number of rotatable bonds is 5. The van der Waals surface area contributed by atoms with Gasteiger partial charge in [-0.2, -0.15) is 0 Å². The second-order valence-electron chi connectivity index (χ2n) is 4.01. The summed E-state index contributed by atoms with van der Waals surface area (Å²) in [4.78, 5) is 14.3. The van der Waals surface area contributed by atoms with Gasteiger partial charge >= 0.3 is 5.97 Å². The lowest BCUT2D eigenvalue weighted by Gasteiger charge is -2.07. The number of carbonyl (C=O) groups is 1. The number of aromatic nitrogens is 1. The van der Waals surface area contributed by atoms with Gasteiger partial charge in [-0.3, -0.25) is 4.79 Å². The minimum Gasteiger partial charge on any atom is -0.481 e. The Balaban J connectivity index is 2.21. The minimum absolute atomic E-state index is 0.00168. The highest BCUT2D eigenvalue weighted by molar-refractivity contribution is 7.13. The Morgan fingerprint density at radius 2 is 1.86 bits per heavy atom. The molecule has 112 valence electrons. The third-order valence-electron chi connectivity index (χ3n) is 2.49. The number of aryl methyl sites for hydroxylation is 1. The third kappa shape index (κ3) is 3.48. The predicted molar refractivity (Wildman–Crippen MR) is 67.6 cm³/mol. The van der Waals surface area contributed by atoms with Crippen molar-refractivity contribution < 1.29 is 27.5 Å². The van der Waals surface area contributed by atoms with Crippen molar-refractivity contribution in [2.75, 3.05) is 5.32 Å². The van der Waals surface area contributed by atoms with Gasteiger partial charge in [0.25, 0.3) is 0 Å². The van der Waals surface area contributed by atoms with Gasteiger partial charge in [0.15, 0.2) is 28.4 Å². The maximum atomic E-state index is 13.4. The Labute approximate surface area is 120 Å². The van der Waals surface area contributed by atoms with E-state index in [9.17, 15) is 22.4 Å². The molecule has 0 radical (unpaired) electrons. The molecule has 2 aromatic rings. The van der Waals surface area contributed by atoms with Gasteiger partial charge in [-0.1, -0.05) is 0 Å². The molecule has 2 N–H and O–H groups in total. The lowest BCUT2D eigenvalue weighted by Crippen LogP contribution is -2.03. The molecular weight excluding hydrogens is 312 g/mol. The fourth-order valence-corrected chi connectivity index (χ4v) is 2.25. The molecule has 0 unspecified atom stereocenters. The van der Waals surface area contributed by atoms with E-state index in [-0.39, 0.29) is 24.0 Å². The summed E-state index contributed by atoms with van der Waals surface area (Å²) < 4.78 is 53.0. The van der Waals surface area contributed by atoms with E-state index in [1.807, 2.05) is 0 Å². The zero-order valence-electron chi connectivity index (χ0n) is 10.3. The lowest BCUT2D eigenvalue weighted by atomic mass is 10.2. The number of halogens is 4. The number of aliphatic carboxylic acids is 1. The number of anilines is 2. The molecule has 0 atom stereocenters. The minimum atomic E-state index is -1.56. The summed E-state index contributed by atoms with van der Waals surface area (Å²) in [6, 6.07) is 0.107. The highest BCUT2D eigenvalue weighted by Gasteiger charge is 2.20. The Hall–Kier alpha value is -2.16. The molecule has 1 heterocycles. The third-order valence-corrected chi connectivity index (χ3v) is 3.30. The van der Waals surface area contributed by atoms with Gasteiger partial charge in [0.1, 0.15) is 5.69 Å². The molecule has 0 amide bonds. The van der Waals surface area contributed by atoms with Gasteiger partial charge in [0, 0.05) is 17.9 Å². The Morgan fingerprint density at radius 1 is 1.24 bits per heavy atom. The summed E-state index contributed by atoms with van der Waals surface area (Å²) >= 11 is 0.932. The average molecular weight is 320 g/mol. The van der Waals surface area contributed by atoms with E-state index in [1.54, 1.807) is 0 Å². The number of nitrogens with one attached hydrogen (secondary N) is 1. The molecular formula is C12H8F4N2O2S. The van der Waals surface area contributed by atoms with Gasteiger partial charge in [-0.05, 0) is 0 Å². The number of thiazole rings is 1. The molecule has 0 fully saturated rings. The topological polar surface area (TPSA) is 62.2 Å². The van der Waals surface area contributed by atoms with Crippen LogP contribution in [0.5, 0.6) is 0 Å². The second-order valence-corrected chi connectivity index (χ2v) is 4.86. The van der Waals surface area contributed by atoms with Crippen LogP contribution >= 0.6 is 11.3 Å². The van der Waals surface area contributed by atoms with Crippen molar-refractivity contribution in [1.29, 1.82) is 0 Å². The van der Waals surface area contributed by atoms with Crippen molar-refractivity contribution in [3.05, 3.63) is 40.4 Å². The van der Waals surface area contributed by atoms with Crippen LogP contribution in [0.1, 0.15) is 12.1 Å². The molecule has 2 rings (SSSR count). The van der Waals surface area contributed by atoms with Crippen LogP contribution in [0.15, 0.2) is 11.4 Å². The molecule has 21 heavy (non-hydrogen) atoms. The molecule has 0 saturated heterocycles. The van der Waals surface area contributed by atoms with Crippen molar-refractivity contribution in [2.45, 2.75) is 12.8 Å². The summed E-state index contributed by atoms with van der Waals surface area (Å²) in [5, 5.41) is 12.2. The quantitative estimate of drug-likeness (QED) is 0.654. The van der Waals surface area contributed by atoms with E-state index in [0.717, 1.165) is 11.3 Å².